The molecular formula is C14H22O2. The fourth-order valence-corrected chi connectivity index (χ4v) is 1.73. The van der Waals surface area contributed by atoms with Crippen LogP contribution in [0.3, 0.4) is 0 Å². The lowest BCUT2D eigenvalue weighted by molar-refractivity contribution is -0.201. The first-order chi connectivity index (χ1) is 7.51. The van der Waals surface area contributed by atoms with Crippen LogP contribution in [0.15, 0.2) is 24.3 Å². The first-order valence-electron chi connectivity index (χ1n) is 5.71. The van der Waals surface area contributed by atoms with Crippen molar-refractivity contribution in [1.82, 2.24) is 0 Å². The second-order valence-corrected chi connectivity index (χ2v) is 4.65. The van der Waals surface area contributed by atoms with Gasteiger partial charge in [0, 0.05) is 19.8 Å². The van der Waals surface area contributed by atoms with Crippen LogP contribution in [0, 0.1) is 5.92 Å². The third kappa shape index (κ3) is 3.06. The van der Waals surface area contributed by atoms with E-state index in [1.807, 2.05) is 6.92 Å². The van der Waals surface area contributed by atoms with Crippen molar-refractivity contribution in [2.75, 3.05) is 14.2 Å². The zero-order chi connectivity index (χ0) is 12.2. The number of ether oxygens (including phenoxy) is 2. The van der Waals surface area contributed by atoms with E-state index in [1.165, 1.54) is 5.56 Å². The highest BCUT2D eigenvalue weighted by molar-refractivity contribution is 5.25. The average molecular weight is 222 g/mol. The SMILES string of the molecule is COC(C)(OC)c1ccc(CC(C)C)cc1. The molecule has 0 saturated heterocycles. The van der Waals surface area contributed by atoms with E-state index in [0.717, 1.165) is 12.0 Å². The molecule has 0 amide bonds. The number of hydrogen-bond acceptors (Lipinski definition) is 2. The molecule has 0 bridgehead atoms. The summed E-state index contributed by atoms with van der Waals surface area (Å²) in [6, 6.07) is 8.44. The Morgan fingerprint density at radius 2 is 1.56 bits per heavy atom. The van der Waals surface area contributed by atoms with Crippen molar-refractivity contribution < 1.29 is 9.47 Å². The van der Waals surface area contributed by atoms with Gasteiger partial charge in [0.15, 0.2) is 5.79 Å². The predicted octanol–water partition coefficient (Wildman–Crippen LogP) is 3.35. The molecule has 1 aromatic carbocycles. The van der Waals surface area contributed by atoms with Gasteiger partial charge in [-0.1, -0.05) is 38.1 Å². The smallest absolute Gasteiger partial charge is 0.191 e. The van der Waals surface area contributed by atoms with Crippen molar-refractivity contribution >= 4 is 0 Å². The Labute approximate surface area is 98.6 Å². The molecule has 0 aromatic heterocycles. The van der Waals surface area contributed by atoms with Gasteiger partial charge >= 0.3 is 0 Å². The summed E-state index contributed by atoms with van der Waals surface area (Å²) in [4.78, 5) is 0. The summed E-state index contributed by atoms with van der Waals surface area (Å²) < 4.78 is 10.7. The summed E-state index contributed by atoms with van der Waals surface area (Å²) in [6.45, 7) is 6.37. The molecule has 0 aliphatic rings. The van der Waals surface area contributed by atoms with Gasteiger partial charge in [-0.05, 0) is 24.8 Å². The van der Waals surface area contributed by atoms with Crippen LogP contribution in [-0.2, 0) is 21.7 Å². The molecule has 0 saturated carbocycles. The minimum Gasteiger partial charge on any atom is -0.349 e. The molecule has 1 aromatic rings. The van der Waals surface area contributed by atoms with E-state index in [2.05, 4.69) is 38.1 Å². The van der Waals surface area contributed by atoms with Crippen molar-refractivity contribution in [2.24, 2.45) is 5.92 Å². The van der Waals surface area contributed by atoms with E-state index >= 15 is 0 Å². The Hall–Kier alpha value is -0.860. The maximum absolute atomic E-state index is 5.37. The summed E-state index contributed by atoms with van der Waals surface area (Å²) in [5, 5.41) is 0. The molecule has 16 heavy (non-hydrogen) atoms. The molecule has 0 aliphatic carbocycles. The van der Waals surface area contributed by atoms with Gasteiger partial charge < -0.3 is 9.47 Å². The molecule has 0 aliphatic heterocycles. The van der Waals surface area contributed by atoms with Gasteiger partial charge in [-0.3, -0.25) is 0 Å². The zero-order valence-corrected chi connectivity index (χ0v) is 10.9. The molecule has 90 valence electrons. The number of benzene rings is 1. The van der Waals surface area contributed by atoms with Crippen molar-refractivity contribution in [2.45, 2.75) is 33.0 Å². The van der Waals surface area contributed by atoms with Crippen LogP contribution in [-0.4, -0.2) is 14.2 Å². The van der Waals surface area contributed by atoms with E-state index in [1.54, 1.807) is 14.2 Å². The molecule has 0 atom stereocenters. The van der Waals surface area contributed by atoms with Crippen molar-refractivity contribution in [1.29, 1.82) is 0 Å². The summed E-state index contributed by atoms with van der Waals surface area (Å²) >= 11 is 0. The van der Waals surface area contributed by atoms with Crippen molar-refractivity contribution in [3.05, 3.63) is 35.4 Å². The van der Waals surface area contributed by atoms with Crippen molar-refractivity contribution in [3.8, 4) is 0 Å². The highest BCUT2D eigenvalue weighted by atomic mass is 16.7. The molecule has 0 spiro atoms. The Bertz CT molecular complexity index is 310. The van der Waals surface area contributed by atoms with E-state index < -0.39 is 5.79 Å². The summed E-state index contributed by atoms with van der Waals surface area (Å²) in [6.07, 6.45) is 1.11. The summed E-state index contributed by atoms with van der Waals surface area (Å²) in [5.74, 6) is 0.0400. The molecule has 0 unspecified atom stereocenters. The van der Waals surface area contributed by atoms with Gasteiger partial charge in [0.1, 0.15) is 0 Å². The number of rotatable bonds is 5. The Morgan fingerprint density at radius 3 is 1.94 bits per heavy atom. The van der Waals surface area contributed by atoms with Crippen LogP contribution >= 0.6 is 0 Å². The quantitative estimate of drug-likeness (QED) is 0.711. The van der Waals surface area contributed by atoms with Gasteiger partial charge in [-0.2, -0.15) is 0 Å². The van der Waals surface area contributed by atoms with Crippen LogP contribution in [0.5, 0.6) is 0 Å². The van der Waals surface area contributed by atoms with Gasteiger partial charge in [0.25, 0.3) is 0 Å². The van der Waals surface area contributed by atoms with Gasteiger partial charge in [0.05, 0.1) is 0 Å². The molecule has 0 radical (unpaired) electrons. The molecule has 0 fully saturated rings. The van der Waals surface area contributed by atoms with Crippen LogP contribution in [0.4, 0.5) is 0 Å². The van der Waals surface area contributed by atoms with E-state index in [-0.39, 0.29) is 0 Å². The van der Waals surface area contributed by atoms with Gasteiger partial charge in [-0.15, -0.1) is 0 Å². The second-order valence-electron chi connectivity index (χ2n) is 4.65. The molecule has 1 rings (SSSR count). The molecule has 0 N–H and O–H groups in total. The maximum Gasteiger partial charge on any atom is 0.191 e. The van der Waals surface area contributed by atoms with Crippen LogP contribution < -0.4 is 0 Å². The topological polar surface area (TPSA) is 18.5 Å². The Kier molecular flexibility index (Phi) is 4.51. The minimum absolute atomic E-state index is 0.642. The lowest BCUT2D eigenvalue weighted by Crippen LogP contribution is -2.26. The van der Waals surface area contributed by atoms with E-state index in [4.69, 9.17) is 9.47 Å². The Morgan fingerprint density at radius 1 is 1.06 bits per heavy atom. The van der Waals surface area contributed by atoms with Crippen LogP contribution in [0.25, 0.3) is 0 Å². The van der Waals surface area contributed by atoms with E-state index in [0.29, 0.717) is 5.92 Å². The fourth-order valence-electron chi connectivity index (χ4n) is 1.73. The van der Waals surface area contributed by atoms with Gasteiger partial charge in [0.2, 0.25) is 0 Å². The predicted molar refractivity (Wildman–Crippen MR) is 66.4 cm³/mol. The molecule has 2 nitrogen and oxygen atoms in total. The minimum atomic E-state index is -0.642. The van der Waals surface area contributed by atoms with Crippen LogP contribution in [0.1, 0.15) is 31.9 Å². The molecule has 0 heterocycles. The second kappa shape index (κ2) is 5.46. The highest BCUT2D eigenvalue weighted by Crippen LogP contribution is 2.25. The van der Waals surface area contributed by atoms with Gasteiger partial charge in [-0.25, -0.2) is 0 Å². The largest absolute Gasteiger partial charge is 0.349 e. The first kappa shape index (κ1) is 13.2. The Balaban J connectivity index is 2.85. The number of methoxy groups -OCH3 is 2. The maximum atomic E-state index is 5.37. The third-order valence-electron chi connectivity index (χ3n) is 2.90. The van der Waals surface area contributed by atoms with Crippen molar-refractivity contribution in [3.63, 3.8) is 0 Å². The number of hydrogen-bond donors (Lipinski definition) is 0. The lowest BCUT2D eigenvalue weighted by Gasteiger charge is -2.27. The standard InChI is InChI=1S/C14H22O2/c1-11(2)10-12-6-8-13(9-7-12)14(3,15-4)16-5/h6-9,11H,10H2,1-5H3. The normalized spacial score (nSPS) is 12.1. The lowest BCUT2D eigenvalue weighted by atomic mass is 9.99. The molecule has 2 heteroatoms. The summed E-state index contributed by atoms with van der Waals surface area (Å²) in [5.41, 5.74) is 2.40. The first-order valence-corrected chi connectivity index (χ1v) is 5.71. The zero-order valence-electron chi connectivity index (χ0n) is 10.9. The highest BCUT2D eigenvalue weighted by Gasteiger charge is 2.24. The van der Waals surface area contributed by atoms with Crippen LogP contribution in [0.2, 0.25) is 0 Å². The monoisotopic (exact) mass is 222 g/mol. The molecular weight excluding hydrogens is 200 g/mol. The van der Waals surface area contributed by atoms with E-state index in [9.17, 15) is 0 Å². The average Bonchev–Trinajstić information content (AvgIpc) is 2.28. The fraction of sp³-hybridized carbons (Fsp3) is 0.571. The third-order valence-corrected chi connectivity index (χ3v) is 2.90. The summed E-state index contributed by atoms with van der Waals surface area (Å²) in [7, 11) is 3.32.